The SMILES string of the molecule is O=C(NC(Cc1cc(=O)[nH]c2ccccc12)C(=O)O)c1ccc(F)cc1. The molecular weight excluding hydrogens is 339 g/mol. The number of carbonyl (C=O) groups is 2. The predicted octanol–water partition coefficient (Wildman–Crippen LogP) is 2.09. The molecule has 7 heteroatoms. The highest BCUT2D eigenvalue weighted by Crippen LogP contribution is 2.16. The van der Waals surface area contributed by atoms with Crippen molar-refractivity contribution in [2.24, 2.45) is 0 Å². The summed E-state index contributed by atoms with van der Waals surface area (Å²) >= 11 is 0. The van der Waals surface area contributed by atoms with Gasteiger partial charge in [-0.3, -0.25) is 9.59 Å². The van der Waals surface area contributed by atoms with E-state index in [0.29, 0.717) is 16.5 Å². The maximum Gasteiger partial charge on any atom is 0.326 e. The minimum Gasteiger partial charge on any atom is -0.480 e. The Kier molecular flexibility index (Phi) is 4.79. The number of hydrogen-bond donors (Lipinski definition) is 3. The first-order chi connectivity index (χ1) is 12.4. The van der Waals surface area contributed by atoms with Crippen LogP contribution in [0.1, 0.15) is 15.9 Å². The van der Waals surface area contributed by atoms with Gasteiger partial charge < -0.3 is 15.4 Å². The molecule has 0 bridgehead atoms. The summed E-state index contributed by atoms with van der Waals surface area (Å²) in [5.74, 6) is -2.36. The molecule has 26 heavy (non-hydrogen) atoms. The summed E-state index contributed by atoms with van der Waals surface area (Å²) in [6, 6.07) is 11.9. The molecule has 0 aliphatic rings. The average Bonchev–Trinajstić information content (AvgIpc) is 2.61. The molecule has 0 saturated carbocycles. The smallest absolute Gasteiger partial charge is 0.326 e. The molecule has 1 atom stereocenters. The number of carboxylic acids is 1. The van der Waals surface area contributed by atoms with E-state index in [1.165, 1.54) is 18.2 Å². The first-order valence-corrected chi connectivity index (χ1v) is 7.84. The minimum absolute atomic E-state index is 0.0628. The summed E-state index contributed by atoms with van der Waals surface area (Å²) in [6.45, 7) is 0. The van der Waals surface area contributed by atoms with Gasteiger partial charge in [-0.15, -0.1) is 0 Å². The minimum atomic E-state index is -1.24. The van der Waals surface area contributed by atoms with Gasteiger partial charge in [0.2, 0.25) is 5.56 Å². The Bertz CT molecular complexity index is 1030. The van der Waals surface area contributed by atoms with Crippen LogP contribution in [-0.2, 0) is 11.2 Å². The van der Waals surface area contributed by atoms with Crippen LogP contribution in [0.3, 0.4) is 0 Å². The summed E-state index contributed by atoms with van der Waals surface area (Å²) in [4.78, 5) is 38.3. The zero-order chi connectivity index (χ0) is 18.7. The molecule has 3 N–H and O–H groups in total. The topological polar surface area (TPSA) is 99.3 Å². The average molecular weight is 354 g/mol. The number of fused-ring (bicyclic) bond motifs is 1. The molecule has 0 saturated heterocycles. The standard InChI is InChI=1S/C19H15FN2O4/c20-13-7-5-11(6-8-13)18(24)22-16(19(25)26)9-12-10-17(23)21-15-4-2-1-3-14(12)15/h1-8,10,16H,9H2,(H,21,23)(H,22,24)(H,25,26). The van der Waals surface area contributed by atoms with Gasteiger partial charge in [0.25, 0.3) is 5.91 Å². The number of H-pyrrole nitrogens is 1. The number of amides is 1. The molecule has 1 amide bonds. The lowest BCUT2D eigenvalue weighted by Crippen LogP contribution is -2.42. The molecule has 2 aromatic carbocycles. The van der Waals surface area contributed by atoms with Gasteiger partial charge in [-0.05, 0) is 35.9 Å². The number of nitrogens with one attached hydrogen (secondary N) is 2. The Labute approximate surface area is 147 Å². The third-order valence-electron chi connectivity index (χ3n) is 3.97. The van der Waals surface area contributed by atoms with Crippen molar-refractivity contribution >= 4 is 22.8 Å². The summed E-state index contributed by atoms with van der Waals surface area (Å²) in [5, 5.41) is 12.6. The van der Waals surface area contributed by atoms with Gasteiger partial charge in [0.05, 0.1) is 0 Å². The van der Waals surface area contributed by atoms with Crippen LogP contribution in [-0.4, -0.2) is 28.0 Å². The van der Waals surface area contributed by atoms with E-state index in [1.807, 2.05) is 0 Å². The Hall–Kier alpha value is -3.48. The van der Waals surface area contributed by atoms with E-state index in [-0.39, 0.29) is 17.5 Å². The summed E-state index contributed by atoms with van der Waals surface area (Å²) in [7, 11) is 0. The number of halogens is 1. The molecule has 3 rings (SSSR count). The first kappa shape index (κ1) is 17.3. The number of carbonyl (C=O) groups excluding carboxylic acids is 1. The largest absolute Gasteiger partial charge is 0.480 e. The molecule has 1 aromatic heterocycles. The zero-order valence-corrected chi connectivity index (χ0v) is 13.5. The van der Waals surface area contributed by atoms with Crippen molar-refractivity contribution in [3.63, 3.8) is 0 Å². The monoisotopic (exact) mass is 354 g/mol. The Morgan fingerprint density at radius 3 is 2.50 bits per heavy atom. The summed E-state index contributed by atoms with van der Waals surface area (Å²) < 4.78 is 13.0. The third-order valence-corrected chi connectivity index (χ3v) is 3.97. The second-order valence-corrected chi connectivity index (χ2v) is 5.78. The van der Waals surface area contributed by atoms with Crippen molar-refractivity contribution in [3.05, 3.63) is 81.9 Å². The number of benzene rings is 2. The van der Waals surface area contributed by atoms with Crippen molar-refractivity contribution in [2.45, 2.75) is 12.5 Å². The molecule has 0 aliphatic carbocycles. The lowest BCUT2D eigenvalue weighted by Gasteiger charge is -2.16. The van der Waals surface area contributed by atoms with E-state index in [2.05, 4.69) is 10.3 Å². The fourth-order valence-electron chi connectivity index (χ4n) is 2.71. The number of para-hydroxylation sites is 1. The first-order valence-electron chi connectivity index (χ1n) is 7.84. The highest BCUT2D eigenvalue weighted by molar-refractivity contribution is 5.96. The van der Waals surface area contributed by atoms with Gasteiger partial charge in [0, 0.05) is 29.0 Å². The third kappa shape index (κ3) is 3.77. The molecule has 132 valence electrons. The van der Waals surface area contributed by atoms with Crippen LogP contribution in [0.25, 0.3) is 10.9 Å². The number of pyridine rings is 1. The Morgan fingerprint density at radius 2 is 1.81 bits per heavy atom. The van der Waals surface area contributed by atoms with Crippen LogP contribution in [0.2, 0.25) is 0 Å². The molecule has 0 radical (unpaired) electrons. The molecule has 1 heterocycles. The number of carboxylic acid groups (broad SMARTS) is 1. The van der Waals surface area contributed by atoms with Crippen LogP contribution < -0.4 is 10.9 Å². The second-order valence-electron chi connectivity index (χ2n) is 5.78. The van der Waals surface area contributed by atoms with Gasteiger partial charge in [0.15, 0.2) is 0 Å². The molecule has 1 unspecified atom stereocenters. The van der Waals surface area contributed by atoms with E-state index in [4.69, 9.17) is 0 Å². The number of aromatic amines is 1. The number of aromatic nitrogens is 1. The zero-order valence-electron chi connectivity index (χ0n) is 13.5. The van der Waals surface area contributed by atoms with Gasteiger partial charge in [-0.1, -0.05) is 18.2 Å². The molecule has 0 spiro atoms. The summed E-state index contributed by atoms with van der Waals surface area (Å²) in [5.41, 5.74) is 0.890. The molecular formula is C19H15FN2O4. The van der Waals surface area contributed by atoms with Crippen molar-refractivity contribution in [3.8, 4) is 0 Å². The van der Waals surface area contributed by atoms with Gasteiger partial charge in [0.1, 0.15) is 11.9 Å². The lowest BCUT2D eigenvalue weighted by atomic mass is 10.0. The lowest BCUT2D eigenvalue weighted by molar-refractivity contribution is -0.139. The van der Waals surface area contributed by atoms with Crippen molar-refractivity contribution < 1.29 is 19.1 Å². The highest BCUT2D eigenvalue weighted by Gasteiger charge is 2.22. The van der Waals surface area contributed by atoms with E-state index in [9.17, 15) is 23.9 Å². The fraction of sp³-hybridized carbons (Fsp3) is 0.105. The van der Waals surface area contributed by atoms with E-state index in [0.717, 1.165) is 12.1 Å². The normalized spacial score (nSPS) is 11.9. The van der Waals surface area contributed by atoms with E-state index in [1.54, 1.807) is 24.3 Å². The highest BCUT2D eigenvalue weighted by atomic mass is 19.1. The molecule has 0 fully saturated rings. The number of hydrogen-bond acceptors (Lipinski definition) is 3. The van der Waals surface area contributed by atoms with Crippen LogP contribution in [0.15, 0.2) is 59.4 Å². The van der Waals surface area contributed by atoms with Crippen LogP contribution >= 0.6 is 0 Å². The van der Waals surface area contributed by atoms with Gasteiger partial charge in [-0.25, -0.2) is 9.18 Å². The summed E-state index contributed by atoms with van der Waals surface area (Å²) in [6.07, 6.45) is -0.0628. The van der Waals surface area contributed by atoms with Crippen molar-refractivity contribution in [1.82, 2.24) is 10.3 Å². The molecule has 3 aromatic rings. The maximum atomic E-state index is 13.0. The molecule has 6 nitrogen and oxygen atoms in total. The number of rotatable bonds is 5. The van der Waals surface area contributed by atoms with Crippen LogP contribution in [0.5, 0.6) is 0 Å². The number of aliphatic carboxylic acids is 1. The van der Waals surface area contributed by atoms with Crippen LogP contribution in [0.4, 0.5) is 4.39 Å². The predicted molar refractivity (Wildman–Crippen MR) is 93.6 cm³/mol. The van der Waals surface area contributed by atoms with Gasteiger partial charge >= 0.3 is 5.97 Å². The van der Waals surface area contributed by atoms with Crippen LogP contribution in [0, 0.1) is 5.82 Å². The quantitative estimate of drug-likeness (QED) is 0.653. The van der Waals surface area contributed by atoms with Crippen molar-refractivity contribution in [2.75, 3.05) is 0 Å². The molecule has 0 aliphatic heterocycles. The van der Waals surface area contributed by atoms with E-state index >= 15 is 0 Å². The van der Waals surface area contributed by atoms with Gasteiger partial charge in [-0.2, -0.15) is 0 Å². The van der Waals surface area contributed by atoms with Crippen molar-refractivity contribution in [1.29, 1.82) is 0 Å². The fourth-order valence-corrected chi connectivity index (χ4v) is 2.71. The Balaban J connectivity index is 1.88. The Morgan fingerprint density at radius 1 is 1.12 bits per heavy atom. The maximum absolute atomic E-state index is 13.0. The second kappa shape index (κ2) is 7.18. The van der Waals surface area contributed by atoms with E-state index < -0.39 is 23.7 Å².